The van der Waals surface area contributed by atoms with E-state index in [1.807, 2.05) is 0 Å². The van der Waals surface area contributed by atoms with Crippen LogP contribution in [0.5, 0.6) is 0 Å². The van der Waals surface area contributed by atoms with E-state index in [1.165, 1.54) is 0 Å². The molecule has 1 amide bonds. The van der Waals surface area contributed by atoms with Crippen LogP contribution in [0.4, 0.5) is 5.69 Å². The zero-order chi connectivity index (χ0) is 13.3. The quantitative estimate of drug-likeness (QED) is 0.907. The number of halogens is 2. The Labute approximate surface area is 117 Å². The first-order valence-corrected chi connectivity index (χ1v) is 6.35. The minimum absolute atomic E-state index is 0.198. The van der Waals surface area contributed by atoms with Gasteiger partial charge in [-0.15, -0.1) is 0 Å². The number of hydrogen-bond acceptors (Lipinski definition) is 3. The van der Waals surface area contributed by atoms with Crippen LogP contribution in [0.25, 0.3) is 0 Å². The monoisotopic (exact) mass is 328 g/mol. The van der Waals surface area contributed by atoms with Gasteiger partial charge in [0.1, 0.15) is 0 Å². The minimum Gasteiger partial charge on any atom is -0.436 e. The van der Waals surface area contributed by atoms with Gasteiger partial charge in [0, 0.05) is 11.4 Å². The highest BCUT2D eigenvalue weighted by molar-refractivity contribution is 9.10. The van der Waals surface area contributed by atoms with E-state index in [0.29, 0.717) is 22.3 Å². The van der Waals surface area contributed by atoms with Gasteiger partial charge in [-0.05, 0) is 25.1 Å². The Bertz CT molecular complexity index is 610. The maximum Gasteiger partial charge on any atom is 0.293 e. The fourth-order valence-corrected chi connectivity index (χ4v) is 2.04. The van der Waals surface area contributed by atoms with E-state index in [2.05, 4.69) is 26.2 Å². The molecule has 1 heterocycles. The third-order valence-electron chi connectivity index (χ3n) is 2.29. The second kappa shape index (κ2) is 5.12. The summed E-state index contributed by atoms with van der Waals surface area (Å²) in [7, 11) is 0. The van der Waals surface area contributed by atoms with E-state index in [4.69, 9.17) is 16.0 Å². The molecule has 0 atom stereocenters. The number of rotatable bonds is 2. The predicted molar refractivity (Wildman–Crippen MR) is 73.1 cm³/mol. The number of carbonyl (C=O) groups is 1. The Morgan fingerprint density at radius 2 is 2.17 bits per heavy atom. The van der Waals surface area contributed by atoms with E-state index in [1.54, 1.807) is 32.0 Å². The number of benzene rings is 1. The van der Waals surface area contributed by atoms with E-state index in [9.17, 15) is 4.79 Å². The van der Waals surface area contributed by atoms with Crippen LogP contribution in [0, 0.1) is 13.8 Å². The Morgan fingerprint density at radius 3 is 2.78 bits per heavy atom. The van der Waals surface area contributed by atoms with Crippen molar-refractivity contribution in [2.45, 2.75) is 13.8 Å². The lowest BCUT2D eigenvalue weighted by Gasteiger charge is -2.06. The lowest BCUT2D eigenvalue weighted by molar-refractivity contribution is 0.0994. The van der Waals surface area contributed by atoms with Crippen molar-refractivity contribution in [3.8, 4) is 0 Å². The molecule has 6 heteroatoms. The summed E-state index contributed by atoms with van der Waals surface area (Å²) in [4.78, 5) is 16.0. The van der Waals surface area contributed by atoms with E-state index >= 15 is 0 Å². The van der Waals surface area contributed by atoms with Gasteiger partial charge in [-0.25, -0.2) is 4.98 Å². The average molecular weight is 330 g/mol. The van der Waals surface area contributed by atoms with Crippen molar-refractivity contribution >= 4 is 39.1 Å². The van der Waals surface area contributed by atoms with Crippen LogP contribution in [0.15, 0.2) is 27.1 Å². The normalized spacial score (nSPS) is 10.4. The largest absolute Gasteiger partial charge is 0.436 e. The lowest BCUT2D eigenvalue weighted by Crippen LogP contribution is -2.12. The maximum atomic E-state index is 12.0. The van der Waals surface area contributed by atoms with Gasteiger partial charge in [0.25, 0.3) is 5.91 Å². The SMILES string of the molecule is Cc1nc(C)c(C(=O)Nc2cc(Br)ccc2Cl)o1. The molecule has 0 fully saturated rings. The highest BCUT2D eigenvalue weighted by Gasteiger charge is 2.17. The molecule has 0 aliphatic heterocycles. The van der Waals surface area contributed by atoms with Crippen LogP contribution >= 0.6 is 27.5 Å². The van der Waals surface area contributed by atoms with Crippen molar-refractivity contribution in [2.75, 3.05) is 5.32 Å². The number of oxazole rings is 1. The van der Waals surface area contributed by atoms with Crippen molar-refractivity contribution in [1.82, 2.24) is 4.98 Å². The Kier molecular flexibility index (Phi) is 3.73. The molecule has 1 N–H and O–H groups in total. The molecule has 0 radical (unpaired) electrons. The van der Waals surface area contributed by atoms with Crippen molar-refractivity contribution in [2.24, 2.45) is 0 Å². The summed E-state index contributed by atoms with van der Waals surface area (Å²) in [5.74, 6) is 0.287. The fraction of sp³-hybridized carbons (Fsp3) is 0.167. The molecule has 1 aromatic heterocycles. The molecule has 4 nitrogen and oxygen atoms in total. The number of amides is 1. The van der Waals surface area contributed by atoms with Gasteiger partial charge in [0.2, 0.25) is 5.76 Å². The third kappa shape index (κ3) is 2.73. The maximum absolute atomic E-state index is 12.0. The number of nitrogens with one attached hydrogen (secondary N) is 1. The fourth-order valence-electron chi connectivity index (χ4n) is 1.51. The van der Waals surface area contributed by atoms with Crippen LogP contribution in [0.3, 0.4) is 0 Å². The molecule has 0 saturated carbocycles. The number of nitrogens with zero attached hydrogens (tertiary/aromatic N) is 1. The van der Waals surface area contributed by atoms with Crippen molar-refractivity contribution < 1.29 is 9.21 Å². The van der Waals surface area contributed by atoms with Crippen LogP contribution in [-0.4, -0.2) is 10.9 Å². The van der Waals surface area contributed by atoms with E-state index < -0.39 is 0 Å². The van der Waals surface area contributed by atoms with Gasteiger partial charge in [0.05, 0.1) is 16.4 Å². The summed E-state index contributed by atoms with van der Waals surface area (Å²) >= 11 is 9.31. The summed E-state index contributed by atoms with van der Waals surface area (Å²) in [5, 5.41) is 3.15. The summed E-state index contributed by atoms with van der Waals surface area (Å²) in [6.07, 6.45) is 0. The lowest BCUT2D eigenvalue weighted by atomic mass is 10.3. The average Bonchev–Trinajstić information content (AvgIpc) is 2.63. The van der Waals surface area contributed by atoms with Gasteiger partial charge in [-0.1, -0.05) is 27.5 Å². The van der Waals surface area contributed by atoms with Gasteiger partial charge < -0.3 is 9.73 Å². The van der Waals surface area contributed by atoms with Gasteiger partial charge in [0.15, 0.2) is 5.89 Å². The molecule has 0 unspecified atom stereocenters. The van der Waals surface area contributed by atoms with Crippen LogP contribution < -0.4 is 5.32 Å². The number of carbonyl (C=O) groups excluding carboxylic acids is 1. The summed E-state index contributed by atoms with van der Waals surface area (Å²) in [5.41, 5.74) is 1.07. The Hall–Kier alpha value is -1.33. The van der Waals surface area contributed by atoms with Crippen molar-refractivity contribution in [1.29, 1.82) is 0 Å². The molecule has 2 rings (SSSR count). The van der Waals surface area contributed by atoms with E-state index in [-0.39, 0.29) is 11.7 Å². The number of hydrogen-bond donors (Lipinski definition) is 1. The van der Waals surface area contributed by atoms with Crippen molar-refractivity contribution in [3.63, 3.8) is 0 Å². The first-order chi connectivity index (χ1) is 8.47. The molecular formula is C12H10BrClN2O2. The van der Waals surface area contributed by atoms with Gasteiger partial charge in [-0.3, -0.25) is 4.79 Å². The standard InChI is InChI=1S/C12H10BrClN2O2/c1-6-11(18-7(2)15-6)12(17)16-10-5-8(13)3-4-9(10)14/h3-5H,1-2H3,(H,16,17). The molecule has 0 aliphatic rings. The molecule has 0 spiro atoms. The molecular weight excluding hydrogens is 320 g/mol. The predicted octanol–water partition coefficient (Wildman–Crippen LogP) is 3.96. The molecule has 2 aromatic rings. The van der Waals surface area contributed by atoms with Gasteiger partial charge in [-0.2, -0.15) is 0 Å². The summed E-state index contributed by atoms with van der Waals surface area (Å²) < 4.78 is 6.07. The van der Waals surface area contributed by atoms with E-state index in [0.717, 1.165) is 4.47 Å². The molecule has 18 heavy (non-hydrogen) atoms. The molecule has 0 bridgehead atoms. The first-order valence-electron chi connectivity index (χ1n) is 5.18. The third-order valence-corrected chi connectivity index (χ3v) is 3.11. The molecule has 0 saturated heterocycles. The van der Waals surface area contributed by atoms with Crippen molar-refractivity contribution in [3.05, 3.63) is 45.0 Å². The van der Waals surface area contributed by atoms with Gasteiger partial charge >= 0.3 is 0 Å². The Balaban J connectivity index is 2.26. The number of aryl methyl sites for hydroxylation is 2. The second-order valence-corrected chi connectivity index (χ2v) is 5.05. The summed E-state index contributed by atoms with van der Waals surface area (Å²) in [6.45, 7) is 3.41. The second-order valence-electron chi connectivity index (χ2n) is 3.73. The molecule has 0 aliphatic carbocycles. The number of anilines is 1. The van der Waals surface area contributed by atoms with Crippen LogP contribution in [0.1, 0.15) is 22.1 Å². The first kappa shape index (κ1) is 13.1. The summed E-state index contributed by atoms with van der Waals surface area (Å²) in [6, 6.07) is 5.21. The minimum atomic E-state index is -0.367. The Morgan fingerprint density at radius 1 is 1.44 bits per heavy atom. The number of aromatic nitrogens is 1. The highest BCUT2D eigenvalue weighted by atomic mass is 79.9. The van der Waals surface area contributed by atoms with Crippen LogP contribution in [0.2, 0.25) is 5.02 Å². The zero-order valence-electron chi connectivity index (χ0n) is 9.75. The smallest absolute Gasteiger partial charge is 0.293 e. The zero-order valence-corrected chi connectivity index (χ0v) is 12.1. The molecule has 94 valence electrons. The molecule has 1 aromatic carbocycles. The van der Waals surface area contributed by atoms with Crippen LogP contribution in [-0.2, 0) is 0 Å². The topological polar surface area (TPSA) is 55.1 Å². The highest BCUT2D eigenvalue weighted by Crippen LogP contribution is 2.26.